The fraction of sp³-hybridized carbons (Fsp3) is 0.444. The highest BCUT2D eigenvalue weighted by Crippen LogP contribution is 2.25. The average Bonchev–Trinajstić information content (AvgIpc) is 3.26. The lowest BCUT2D eigenvalue weighted by molar-refractivity contribution is -0.121. The van der Waals surface area contributed by atoms with Gasteiger partial charge >= 0.3 is 0 Å². The van der Waals surface area contributed by atoms with Crippen LogP contribution in [0.25, 0.3) is 0 Å². The minimum absolute atomic E-state index is 0.00144. The standard InChI is InChI=1S/C18H22BrN3O3S/c1-12(22-7-5-15-13(10-22)6-8-26-15)9-20-17(23)11-21(2)18(24)14-3-4-16(19)25-14/h3-4,6,8,12H,5,7,9-11H2,1-2H3,(H,20,23). The molecule has 0 aliphatic carbocycles. The van der Waals surface area contributed by atoms with E-state index in [1.54, 1.807) is 19.2 Å². The Balaban J connectivity index is 1.44. The van der Waals surface area contributed by atoms with Crippen molar-refractivity contribution in [3.05, 3.63) is 44.4 Å². The average molecular weight is 440 g/mol. The first-order valence-electron chi connectivity index (χ1n) is 8.51. The van der Waals surface area contributed by atoms with Gasteiger partial charge in [0.15, 0.2) is 10.4 Å². The normalized spacial score (nSPS) is 15.3. The summed E-state index contributed by atoms with van der Waals surface area (Å²) in [5.74, 6) is -0.285. The van der Waals surface area contributed by atoms with Gasteiger partial charge in [0.2, 0.25) is 5.91 Å². The smallest absolute Gasteiger partial charge is 0.289 e. The molecule has 2 amide bonds. The summed E-state index contributed by atoms with van der Waals surface area (Å²) in [5.41, 5.74) is 1.40. The quantitative estimate of drug-likeness (QED) is 0.751. The Kier molecular flexibility index (Phi) is 6.16. The number of fused-ring (bicyclic) bond motifs is 1. The molecule has 1 aliphatic heterocycles. The molecule has 0 aromatic carbocycles. The molecule has 0 saturated carbocycles. The second-order valence-corrected chi connectivity index (χ2v) is 8.29. The zero-order valence-electron chi connectivity index (χ0n) is 14.8. The van der Waals surface area contributed by atoms with Crippen molar-refractivity contribution >= 4 is 39.1 Å². The van der Waals surface area contributed by atoms with Crippen molar-refractivity contribution in [3.8, 4) is 0 Å². The molecule has 6 nitrogen and oxygen atoms in total. The van der Waals surface area contributed by atoms with Crippen molar-refractivity contribution in [1.29, 1.82) is 0 Å². The van der Waals surface area contributed by atoms with Crippen LogP contribution in [-0.2, 0) is 17.8 Å². The van der Waals surface area contributed by atoms with E-state index < -0.39 is 0 Å². The van der Waals surface area contributed by atoms with Crippen molar-refractivity contribution in [3.63, 3.8) is 0 Å². The molecule has 26 heavy (non-hydrogen) atoms. The fourth-order valence-electron chi connectivity index (χ4n) is 3.00. The molecule has 3 heterocycles. The van der Waals surface area contributed by atoms with Crippen LogP contribution in [0.5, 0.6) is 0 Å². The van der Waals surface area contributed by atoms with E-state index in [-0.39, 0.29) is 30.2 Å². The third-order valence-corrected chi connectivity index (χ3v) is 6.02. The van der Waals surface area contributed by atoms with E-state index in [0.29, 0.717) is 11.2 Å². The molecule has 1 atom stereocenters. The van der Waals surface area contributed by atoms with Crippen molar-refractivity contribution in [2.75, 3.05) is 26.7 Å². The summed E-state index contributed by atoms with van der Waals surface area (Å²) in [5, 5.41) is 5.07. The van der Waals surface area contributed by atoms with Gasteiger partial charge in [-0.15, -0.1) is 11.3 Å². The van der Waals surface area contributed by atoms with Gasteiger partial charge in [0.05, 0.1) is 6.54 Å². The lowest BCUT2D eigenvalue weighted by atomic mass is 10.1. The van der Waals surface area contributed by atoms with E-state index in [2.05, 4.69) is 44.5 Å². The Morgan fingerprint density at radius 1 is 1.42 bits per heavy atom. The number of carbonyl (C=O) groups is 2. The maximum Gasteiger partial charge on any atom is 0.289 e. The SMILES string of the molecule is CC(CNC(=O)CN(C)C(=O)c1ccc(Br)o1)N1CCc2sccc2C1. The molecular weight excluding hydrogens is 418 g/mol. The van der Waals surface area contributed by atoms with Crippen LogP contribution in [0.2, 0.25) is 0 Å². The number of hydrogen-bond acceptors (Lipinski definition) is 5. The van der Waals surface area contributed by atoms with Crippen LogP contribution in [0.15, 0.2) is 32.7 Å². The Bertz CT molecular complexity index is 788. The first-order chi connectivity index (χ1) is 12.4. The zero-order valence-corrected chi connectivity index (χ0v) is 17.2. The van der Waals surface area contributed by atoms with E-state index in [4.69, 9.17) is 4.42 Å². The summed E-state index contributed by atoms with van der Waals surface area (Å²) < 4.78 is 5.72. The molecule has 140 valence electrons. The Hall–Kier alpha value is -1.64. The first-order valence-corrected chi connectivity index (χ1v) is 10.2. The number of carbonyl (C=O) groups excluding carboxylic acids is 2. The van der Waals surface area contributed by atoms with E-state index in [9.17, 15) is 9.59 Å². The van der Waals surface area contributed by atoms with Gasteiger partial charge in [0.25, 0.3) is 5.91 Å². The molecule has 0 bridgehead atoms. The molecular formula is C18H22BrN3O3S. The zero-order chi connectivity index (χ0) is 18.7. The number of likely N-dealkylation sites (N-methyl/N-ethyl adjacent to an activating group) is 1. The lowest BCUT2D eigenvalue weighted by Crippen LogP contribution is -2.46. The first kappa shape index (κ1) is 19.1. The highest BCUT2D eigenvalue weighted by Gasteiger charge is 2.22. The third-order valence-electron chi connectivity index (χ3n) is 4.57. The second kappa shape index (κ2) is 8.37. The van der Waals surface area contributed by atoms with Crippen LogP contribution in [0.4, 0.5) is 0 Å². The third kappa shape index (κ3) is 4.55. The van der Waals surface area contributed by atoms with Gasteiger partial charge < -0.3 is 14.6 Å². The Morgan fingerprint density at radius 3 is 2.96 bits per heavy atom. The van der Waals surface area contributed by atoms with Gasteiger partial charge in [-0.3, -0.25) is 14.5 Å². The summed E-state index contributed by atoms with van der Waals surface area (Å²) in [7, 11) is 1.59. The monoisotopic (exact) mass is 439 g/mol. The number of halogens is 1. The number of thiophene rings is 1. The number of nitrogens with zero attached hydrogens (tertiary/aromatic N) is 2. The van der Waals surface area contributed by atoms with Crippen molar-refractivity contribution in [2.45, 2.75) is 25.9 Å². The van der Waals surface area contributed by atoms with Crippen LogP contribution in [0.3, 0.4) is 0 Å². The summed E-state index contributed by atoms with van der Waals surface area (Å²) in [6, 6.07) is 5.66. The molecule has 0 fully saturated rings. The molecule has 2 aromatic rings. The van der Waals surface area contributed by atoms with Crippen LogP contribution >= 0.6 is 27.3 Å². The minimum atomic E-state index is -0.320. The molecule has 2 aromatic heterocycles. The van der Waals surface area contributed by atoms with E-state index in [0.717, 1.165) is 19.5 Å². The largest absolute Gasteiger partial charge is 0.444 e. The Morgan fingerprint density at radius 2 is 2.23 bits per heavy atom. The van der Waals surface area contributed by atoms with Crippen LogP contribution in [-0.4, -0.2) is 54.3 Å². The van der Waals surface area contributed by atoms with Crippen molar-refractivity contribution in [1.82, 2.24) is 15.1 Å². The predicted molar refractivity (Wildman–Crippen MR) is 104 cm³/mol. The number of amides is 2. The maximum atomic E-state index is 12.2. The number of rotatable bonds is 6. The van der Waals surface area contributed by atoms with Gasteiger partial charge in [-0.2, -0.15) is 0 Å². The summed E-state index contributed by atoms with van der Waals surface area (Å²) in [4.78, 5) is 29.6. The van der Waals surface area contributed by atoms with Crippen LogP contribution in [0, 0.1) is 0 Å². The summed E-state index contributed by atoms with van der Waals surface area (Å²) in [6.07, 6.45) is 1.07. The molecule has 1 aliphatic rings. The highest BCUT2D eigenvalue weighted by atomic mass is 79.9. The van der Waals surface area contributed by atoms with Gasteiger partial charge in [-0.1, -0.05) is 0 Å². The van der Waals surface area contributed by atoms with Crippen molar-refractivity contribution in [2.24, 2.45) is 0 Å². The molecule has 3 rings (SSSR count). The highest BCUT2D eigenvalue weighted by molar-refractivity contribution is 9.10. The molecule has 1 N–H and O–H groups in total. The lowest BCUT2D eigenvalue weighted by Gasteiger charge is -2.32. The van der Waals surface area contributed by atoms with E-state index >= 15 is 0 Å². The van der Waals surface area contributed by atoms with Crippen molar-refractivity contribution < 1.29 is 14.0 Å². The van der Waals surface area contributed by atoms with E-state index in [1.807, 2.05) is 11.3 Å². The second-order valence-electron chi connectivity index (χ2n) is 6.51. The molecule has 8 heteroatoms. The van der Waals surface area contributed by atoms with Gasteiger partial charge in [-0.25, -0.2) is 0 Å². The number of furan rings is 1. The predicted octanol–water partition coefficient (Wildman–Crippen LogP) is 2.74. The Labute approximate surface area is 165 Å². The minimum Gasteiger partial charge on any atom is -0.444 e. The van der Waals surface area contributed by atoms with Crippen LogP contribution < -0.4 is 5.32 Å². The summed E-state index contributed by atoms with van der Waals surface area (Å²) in [6.45, 7) is 4.62. The van der Waals surface area contributed by atoms with Gasteiger partial charge in [0.1, 0.15) is 0 Å². The summed E-state index contributed by atoms with van der Waals surface area (Å²) >= 11 is 4.99. The molecule has 1 unspecified atom stereocenters. The maximum absolute atomic E-state index is 12.2. The van der Waals surface area contributed by atoms with E-state index in [1.165, 1.54) is 15.3 Å². The van der Waals surface area contributed by atoms with Gasteiger partial charge in [-0.05, 0) is 58.4 Å². The van der Waals surface area contributed by atoms with Gasteiger partial charge in [0, 0.05) is 37.6 Å². The topological polar surface area (TPSA) is 65.8 Å². The molecule has 0 saturated heterocycles. The molecule has 0 radical (unpaired) electrons. The van der Waals surface area contributed by atoms with Crippen LogP contribution in [0.1, 0.15) is 27.9 Å². The number of nitrogens with one attached hydrogen (secondary N) is 1. The number of hydrogen-bond donors (Lipinski definition) is 1. The fourth-order valence-corrected chi connectivity index (χ4v) is 4.19. The molecule has 0 spiro atoms.